The predicted octanol–water partition coefficient (Wildman–Crippen LogP) is 0.626. The van der Waals surface area contributed by atoms with E-state index in [1.165, 1.54) is 6.20 Å². The maximum atomic E-state index is 10.6. The molecule has 0 saturated heterocycles. The molecule has 8 heteroatoms. The minimum absolute atomic E-state index is 0.125. The van der Waals surface area contributed by atoms with Gasteiger partial charge >= 0.3 is 5.82 Å². The van der Waals surface area contributed by atoms with Gasteiger partial charge < -0.3 is 15.4 Å². The highest BCUT2D eigenvalue weighted by atomic mass is 16.6. The summed E-state index contributed by atoms with van der Waals surface area (Å²) in [6.45, 7) is 1.18. The van der Waals surface area contributed by atoms with Gasteiger partial charge in [-0.1, -0.05) is 5.10 Å². The van der Waals surface area contributed by atoms with Crippen molar-refractivity contribution in [3.05, 3.63) is 34.8 Å². The highest BCUT2D eigenvalue weighted by Crippen LogP contribution is 2.18. The Morgan fingerprint density at radius 1 is 1.62 bits per heavy atom. The van der Waals surface area contributed by atoms with Crippen molar-refractivity contribution in [2.24, 2.45) is 0 Å². The summed E-state index contributed by atoms with van der Waals surface area (Å²) in [7, 11) is 0. The van der Waals surface area contributed by atoms with E-state index in [9.17, 15) is 10.1 Å². The van der Waals surface area contributed by atoms with Gasteiger partial charge in [-0.25, -0.2) is 0 Å². The zero-order valence-corrected chi connectivity index (χ0v) is 8.33. The first-order valence-corrected chi connectivity index (χ1v) is 4.66. The van der Waals surface area contributed by atoms with E-state index in [0.717, 1.165) is 0 Å². The number of aromatic nitrogens is 4. The molecule has 0 bridgehead atoms. The topological polar surface area (TPSA) is 102 Å². The maximum Gasteiger partial charge on any atom is 0.366 e. The van der Waals surface area contributed by atoms with Crippen molar-refractivity contribution in [2.75, 3.05) is 11.9 Å². The summed E-state index contributed by atoms with van der Waals surface area (Å²) in [6, 6.07) is 1.82. The lowest BCUT2D eigenvalue weighted by Gasteiger charge is -2.03. The lowest BCUT2D eigenvalue weighted by molar-refractivity contribution is -0.388. The zero-order valence-electron chi connectivity index (χ0n) is 8.33. The van der Waals surface area contributed by atoms with Gasteiger partial charge in [0, 0.05) is 18.9 Å². The van der Waals surface area contributed by atoms with Crippen LogP contribution in [0.4, 0.5) is 11.5 Å². The van der Waals surface area contributed by atoms with Crippen molar-refractivity contribution in [3.8, 4) is 0 Å². The van der Waals surface area contributed by atoms with Gasteiger partial charge in [0.25, 0.3) is 0 Å². The molecule has 0 spiro atoms. The van der Waals surface area contributed by atoms with Crippen LogP contribution >= 0.6 is 0 Å². The van der Waals surface area contributed by atoms with E-state index in [4.69, 9.17) is 0 Å². The van der Waals surface area contributed by atoms with Crippen LogP contribution in [0.3, 0.4) is 0 Å². The predicted molar refractivity (Wildman–Crippen MR) is 56.0 cm³/mol. The number of nitrogens with one attached hydrogen (secondary N) is 2. The van der Waals surface area contributed by atoms with E-state index in [1.807, 2.05) is 12.3 Å². The van der Waals surface area contributed by atoms with Crippen molar-refractivity contribution in [2.45, 2.75) is 6.54 Å². The fourth-order valence-corrected chi connectivity index (χ4v) is 1.29. The number of H-pyrrole nitrogens is 1. The quantitative estimate of drug-likeness (QED) is 0.570. The van der Waals surface area contributed by atoms with Crippen molar-refractivity contribution < 1.29 is 4.92 Å². The summed E-state index contributed by atoms with van der Waals surface area (Å²) in [5, 5.41) is 23.4. The monoisotopic (exact) mass is 222 g/mol. The average molecular weight is 222 g/mol. The van der Waals surface area contributed by atoms with Gasteiger partial charge in [0.05, 0.1) is 6.54 Å². The molecule has 2 rings (SSSR count). The molecular formula is C8H10N6O2. The first-order valence-electron chi connectivity index (χ1n) is 4.66. The molecule has 2 aromatic heterocycles. The fourth-order valence-electron chi connectivity index (χ4n) is 1.29. The second-order valence-electron chi connectivity index (χ2n) is 3.09. The number of nitro groups is 1. The van der Waals surface area contributed by atoms with Gasteiger partial charge in [-0.05, 0) is 11.0 Å². The van der Waals surface area contributed by atoms with Gasteiger partial charge in [0.2, 0.25) is 0 Å². The van der Waals surface area contributed by atoms with Crippen LogP contribution in [0.25, 0.3) is 0 Å². The molecule has 2 aromatic rings. The van der Waals surface area contributed by atoms with E-state index in [0.29, 0.717) is 18.8 Å². The maximum absolute atomic E-state index is 10.6. The summed E-state index contributed by atoms with van der Waals surface area (Å²) in [5.41, 5.74) is 0.386. The van der Waals surface area contributed by atoms with Gasteiger partial charge in [0.15, 0.2) is 5.69 Å². The fraction of sp³-hybridized carbons (Fsp3) is 0.250. The standard InChI is InChI=1S/C8H10N6O2/c15-14(16)8-7(6-10-12-8)9-3-5-13-4-1-2-11-13/h1-2,4,6,9H,3,5H2,(H,10,12). The van der Waals surface area contributed by atoms with Crippen molar-refractivity contribution >= 4 is 11.5 Å². The van der Waals surface area contributed by atoms with Crippen molar-refractivity contribution in [3.63, 3.8) is 0 Å². The van der Waals surface area contributed by atoms with Gasteiger partial charge in [-0.15, -0.1) is 5.10 Å². The largest absolute Gasteiger partial charge is 0.375 e. The van der Waals surface area contributed by atoms with Crippen LogP contribution < -0.4 is 5.32 Å². The Labute approximate surface area is 90.4 Å². The van der Waals surface area contributed by atoms with Crippen LogP contribution in [0, 0.1) is 10.1 Å². The number of nitrogens with zero attached hydrogens (tertiary/aromatic N) is 4. The van der Waals surface area contributed by atoms with Crippen LogP contribution in [0.15, 0.2) is 24.7 Å². The normalized spacial score (nSPS) is 10.2. The first kappa shape index (κ1) is 10.1. The Morgan fingerprint density at radius 2 is 2.50 bits per heavy atom. The molecule has 0 unspecified atom stereocenters. The molecule has 2 N–H and O–H groups in total. The summed E-state index contributed by atoms with van der Waals surface area (Å²) in [6.07, 6.45) is 4.90. The van der Waals surface area contributed by atoms with Gasteiger partial charge in [-0.2, -0.15) is 5.10 Å². The summed E-state index contributed by atoms with van der Waals surface area (Å²) in [4.78, 5) is 10.0. The molecule has 0 saturated carbocycles. The van der Waals surface area contributed by atoms with Crippen LogP contribution in [0.2, 0.25) is 0 Å². The molecule has 0 radical (unpaired) electrons. The molecule has 0 amide bonds. The van der Waals surface area contributed by atoms with Crippen LogP contribution in [0.1, 0.15) is 0 Å². The van der Waals surface area contributed by atoms with Crippen LogP contribution in [-0.4, -0.2) is 31.4 Å². The molecule has 0 aliphatic carbocycles. The highest BCUT2D eigenvalue weighted by Gasteiger charge is 2.13. The molecule has 0 aliphatic heterocycles. The zero-order chi connectivity index (χ0) is 11.4. The Morgan fingerprint density at radius 3 is 3.19 bits per heavy atom. The summed E-state index contributed by atoms with van der Waals surface area (Å²) < 4.78 is 1.74. The number of hydrogen-bond donors (Lipinski definition) is 2. The molecule has 2 heterocycles. The van der Waals surface area contributed by atoms with E-state index in [1.54, 1.807) is 10.9 Å². The number of anilines is 1. The molecule has 84 valence electrons. The minimum atomic E-state index is -0.511. The Balaban J connectivity index is 1.90. The lowest BCUT2D eigenvalue weighted by atomic mass is 10.5. The molecule has 8 nitrogen and oxygen atoms in total. The summed E-state index contributed by atoms with van der Waals surface area (Å²) in [5.74, 6) is -0.125. The average Bonchev–Trinajstić information content (AvgIpc) is 2.87. The third-order valence-electron chi connectivity index (χ3n) is 2.02. The van der Waals surface area contributed by atoms with Crippen molar-refractivity contribution in [1.29, 1.82) is 0 Å². The second kappa shape index (κ2) is 4.43. The Kier molecular flexibility index (Phi) is 2.81. The molecular weight excluding hydrogens is 212 g/mol. The SMILES string of the molecule is O=[N+]([O-])c1[nH]ncc1NCCn1cccn1. The van der Waals surface area contributed by atoms with Crippen molar-refractivity contribution in [1.82, 2.24) is 20.0 Å². The Bertz CT molecular complexity index is 463. The molecule has 0 aliphatic rings. The summed E-state index contributed by atoms with van der Waals surface area (Å²) >= 11 is 0. The van der Waals surface area contributed by atoms with E-state index < -0.39 is 4.92 Å². The minimum Gasteiger partial charge on any atom is -0.375 e. The Hall–Kier alpha value is -2.38. The third-order valence-corrected chi connectivity index (χ3v) is 2.02. The molecule has 0 fully saturated rings. The third kappa shape index (κ3) is 2.16. The number of rotatable bonds is 5. The number of aromatic amines is 1. The first-order chi connectivity index (χ1) is 7.77. The number of hydrogen-bond acceptors (Lipinski definition) is 5. The van der Waals surface area contributed by atoms with E-state index in [2.05, 4.69) is 20.6 Å². The van der Waals surface area contributed by atoms with E-state index in [-0.39, 0.29) is 5.82 Å². The van der Waals surface area contributed by atoms with E-state index >= 15 is 0 Å². The molecule has 16 heavy (non-hydrogen) atoms. The second-order valence-corrected chi connectivity index (χ2v) is 3.09. The highest BCUT2D eigenvalue weighted by molar-refractivity contribution is 5.55. The van der Waals surface area contributed by atoms with Gasteiger partial charge in [-0.3, -0.25) is 4.68 Å². The van der Waals surface area contributed by atoms with Crippen LogP contribution in [-0.2, 0) is 6.54 Å². The smallest absolute Gasteiger partial charge is 0.366 e. The lowest BCUT2D eigenvalue weighted by Crippen LogP contribution is -2.11. The molecule has 0 aromatic carbocycles. The van der Waals surface area contributed by atoms with Crippen LogP contribution in [0.5, 0.6) is 0 Å². The van der Waals surface area contributed by atoms with Gasteiger partial charge in [0.1, 0.15) is 6.20 Å². The molecule has 0 atom stereocenters.